The van der Waals surface area contributed by atoms with Gasteiger partial charge in [0.05, 0.1) is 23.5 Å². The first-order valence-electron chi connectivity index (χ1n) is 8.68. The minimum atomic E-state index is -0.246. The highest BCUT2D eigenvalue weighted by atomic mass is 32.1. The highest BCUT2D eigenvalue weighted by Crippen LogP contribution is 2.40. The molecule has 2 aromatic rings. The molecule has 3 aliphatic rings. The molecule has 3 aliphatic heterocycles. The van der Waals surface area contributed by atoms with Gasteiger partial charge in [-0.05, 0) is 30.2 Å². The van der Waals surface area contributed by atoms with Crippen molar-refractivity contribution in [3.63, 3.8) is 0 Å². The second-order valence-electron chi connectivity index (χ2n) is 6.65. The summed E-state index contributed by atoms with van der Waals surface area (Å²) in [7, 11) is 0. The Morgan fingerprint density at radius 1 is 1.28 bits per heavy atom. The first kappa shape index (κ1) is 15.0. The van der Waals surface area contributed by atoms with Gasteiger partial charge in [0, 0.05) is 6.42 Å². The van der Waals surface area contributed by atoms with Crippen LogP contribution in [0.15, 0.2) is 18.2 Å². The fraction of sp³-hybridized carbons (Fsp3) is 0.389. The summed E-state index contributed by atoms with van der Waals surface area (Å²) in [6, 6.07) is 5.79. The number of carbonyl (C=O) groups excluding carboxylic acids is 1. The maximum Gasteiger partial charge on any atom is 0.256 e. The predicted octanol–water partition coefficient (Wildman–Crippen LogP) is 1.29. The summed E-state index contributed by atoms with van der Waals surface area (Å²) >= 11 is 1.74. The molecule has 1 aromatic heterocycles. The van der Waals surface area contributed by atoms with Gasteiger partial charge < -0.3 is 25.0 Å². The number of benzene rings is 1. The van der Waals surface area contributed by atoms with Crippen molar-refractivity contribution in [2.75, 3.05) is 25.2 Å². The van der Waals surface area contributed by atoms with E-state index >= 15 is 0 Å². The van der Waals surface area contributed by atoms with E-state index in [2.05, 4.69) is 17.6 Å². The number of anilines is 1. The van der Waals surface area contributed by atoms with Crippen LogP contribution in [0.5, 0.6) is 11.5 Å². The first-order valence-corrected chi connectivity index (χ1v) is 9.49. The minimum Gasteiger partial charge on any atom is -0.454 e. The van der Waals surface area contributed by atoms with E-state index in [9.17, 15) is 4.79 Å². The van der Waals surface area contributed by atoms with Gasteiger partial charge in [0.25, 0.3) is 5.91 Å². The van der Waals surface area contributed by atoms with E-state index in [1.807, 2.05) is 18.2 Å². The fourth-order valence-electron chi connectivity index (χ4n) is 3.81. The Labute approximate surface area is 149 Å². The van der Waals surface area contributed by atoms with E-state index in [0.29, 0.717) is 0 Å². The molecule has 130 valence electrons. The Morgan fingerprint density at radius 3 is 3.04 bits per heavy atom. The number of ether oxygens (including phenoxy) is 2. The quantitative estimate of drug-likeness (QED) is 0.757. The lowest BCUT2D eigenvalue weighted by atomic mass is 10.0. The van der Waals surface area contributed by atoms with Crippen molar-refractivity contribution in [2.24, 2.45) is 0 Å². The summed E-state index contributed by atoms with van der Waals surface area (Å²) in [6.07, 6.45) is 0.734. The van der Waals surface area contributed by atoms with Crippen LogP contribution in [0.4, 0.5) is 5.00 Å². The Hall–Kier alpha value is -2.25. The van der Waals surface area contributed by atoms with Crippen LogP contribution in [0.3, 0.4) is 0 Å². The lowest BCUT2D eigenvalue weighted by molar-refractivity contribution is -0.913. The monoisotopic (exact) mass is 358 g/mol. The Bertz CT molecular complexity index is 863. The van der Waals surface area contributed by atoms with Crippen LogP contribution in [-0.2, 0) is 13.0 Å². The van der Waals surface area contributed by atoms with Crippen molar-refractivity contribution < 1.29 is 19.2 Å². The van der Waals surface area contributed by atoms with Crippen LogP contribution in [0.1, 0.15) is 39.5 Å². The van der Waals surface area contributed by atoms with E-state index < -0.39 is 0 Å². The molecular weight excluding hydrogens is 338 g/mol. The van der Waals surface area contributed by atoms with Crippen molar-refractivity contribution in [3.05, 3.63) is 39.8 Å². The van der Waals surface area contributed by atoms with Crippen LogP contribution >= 0.6 is 11.3 Å². The summed E-state index contributed by atoms with van der Waals surface area (Å²) in [6.45, 7) is 5.72. The number of rotatable bonds is 2. The van der Waals surface area contributed by atoms with Crippen LogP contribution in [-0.4, -0.2) is 25.8 Å². The van der Waals surface area contributed by atoms with Gasteiger partial charge in [0.15, 0.2) is 11.5 Å². The highest BCUT2D eigenvalue weighted by Gasteiger charge is 2.34. The van der Waals surface area contributed by atoms with Gasteiger partial charge in [-0.3, -0.25) is 4.79 Å². The molecular formula is C18H20N3O3S+. The Kier molecular flexibility index (Phi) is 3.39. The van der Waals surface area contributed by atoms with Crippen LogP contribution in [0.25, 0.3) is 0 Å². The van der Waals surface area contributed by atoms with Crippen molar-refractivity contribution in [3.8, 4) is 11.5 Å². The molecule has 1 amide bonds. The second kappa shape index (κ2) is 5.64. The standard InChI is InChI=1S/C18H19N3O3S/c1-2-21-6-5-11-14(8-21)25-18-15(11)17(22)19-16(20-18)10-3-4-12-13(7-10)24-9-23-12/h3-4,7,16,20H,2,5-6,8-9H2,1H3,(H,19,22)/p+1/t16-/m1/s1. The Balaban J connectivity index is 1.47. The summed E-state index contributed by atoms with van der Waals surface area (Å²) < 4.78 is 10.8. The van der Waals surface area contributed by atoms with E-state index in [0.717, 1.165) is 53.7 Å². The fourth-order valence-corrected chi connectivity index (χ4v) is 5.15. The molecule has 0 fully saturated rings. The maximum atomic E-state index is 12.8. The maximum absolute atomic E-state index is 12.8. The Morgan fingerprint density at radius 2 is 2.16 bits per heavy atom. The SMILES string of the molecule is CC[NH+]1CCc2c(sc3c2C(=O)N[C@@H](c2ccc4c(c2)OCO4)N3)C1. The van der Waals surface area contributed by atoms with Crippen molar-refractivity contribution in [1.29, 1.82) is 0 Å². The molecule has 25 heavy (non-hydrogen) atoms. The van der Waals surface area contributed by atoms with E-state index in [1.54, 1.807) is 16.2 Å². The van der Waals surface area contributed by atoms with E-state index in [4.69, 9.17) is 9.47 Å². The molecule has 1 unspecified atom stereocenters. The third-order valence-corrected chi connectivity index (χ3v) is 6.40. The molecule has 0 saturated carbocycles. The number of likely N-dealkylation sites (N-methyl/N-ethyl adjacent to an activating group) is 1. The van der Waals surface area contributed by atoms with E-state index in [-0.39, 0.29) is 18.9 Å². The molecule has 7 heteroatoms. The van der Waals surface area contributed by atoms with Crippen molar-refractivity contribution >= 4 is 22.2 Å². The van der Waals surface area contributed by atoms with Crippen LogP contribution in [0.2, 0.25) is 0 Å². The van der Waals surface area contributed by atoms with Crippen LogP contribution in [0, 0.1) is 0 Å². The molecule has 5 rings (SSSR count). The molecule has 2 atom stereocenters. The van der Waals surface area contributed by atoms with Gasteiger partial charge >= 0.3 is 0 Å². The van der Waals surface area contributed by atoms with E-state index in [1.165, 1.54) is 10.4 Å². The summed E-state index contributed by atoms with van der Waals surface area (Å²) in [5.41, 5.74) is 3.06. The number of quaternary nitrogens is 1. The van der Waals surface area contributed by atoms with Crippen molar-refractivity contribution in [2.45, 2.75) is 26.1 Å². The number of thiophene rings is 1. The third-order valence-electron chi connectivity index (χ3n) is 5.24. The largest absolute Gasteiger partial charge is 0.454 e. The number of hydrogen-bond donors (Lipinski definition) is 3. The molecule has 4 heterocycles. The average Bonchev–Trinajstić information content (AvgIpc) is 3.24. The third kappa shape index (κ3) is 2.38. The number of hydrogen-bond acceptors (Lipinski definition) is 5. The van der Waals surface area contributed by atoms with Crippen LogP contribution < -0.4 is 25.0 Å². The first-order chi connectivity index (χ1) is 12.2. The number of nitrogens with one attached hydrogen (secondary N) is 3. The molecule has 6 nitrogen and oxygen atoms in total. The molecule has 0 aliphatic carbocycles. The molecule has 0 bridgehead atoms. The smallest absolute Gasteiger partial charge is 0.256 e. The van der Waals surface area contributed by atoms with Gasteiger partial charge in [-0.25, -0.2) is 0 Å². The number of amides is 1. The summed E-state index contributed by atoms with van der Waals surface area (Å²) in [5.74, 6) is 1.50. The number of carbonyl (C=O) groups is 1. The predicted molar refractivity (Wildman–Crippen MR) is 94.5 cm³/mol. The van der Waals surface area contributed by atoms with Gasteiger partial charge in [-0.15, -0.1) is 11.3 Å². The molecule has 0 spiro atoms. The zero-order valence-electron chi connectivity index (χ0n) is 14.0. The van der Waals surface area contributed by atoms with Gasteiger partial charge in [-0.2, -0.15) is 0 Å². The molecule has 3 N–H and O–H groups in total. The number of fused-ring (bicyclic) bond motifs is 4. The summed E-state index contributed by atoms with van der Waals surface area (Å²) in [4.78, 5) is 15.7. The zero-order valence-corrected chi connectivity index (χ0v) is 14.8. The lowest BCUT2D eigenvalue weighted by Crippen LogP contribution is -3.11. The molecule has 1 aromatic carbocycles. The zero-order chi connectivity index (χ0) is 17.0. The topological polar surface area (TPSA) is 64.0 Å². The van der Waals surface area contributed by atoms with Crippen molar-refractivity contribution in [1.82, 2.24) is 5.32 Å². The van der Waals surface area contributed by atoms with Gasteiger partial charge in [-0.1, -0.05) is 6.07 Å². The second-order valence-corrected chi connectivity index (χ2v) is 7.76. The molecule has 0 saturated heterocycles. The normalized spacial score (nSPS) is 23.5. The summed E-state index contributed by atoms with van der Waals surface area (Å²) in [5, 5.41) is 7.60. The highest BCUT2D eigenvalue weighted by molar-refractivity contribution is 7.16. The minimum absolute atomic E-state index is 0.0221. The van der Waals surface area contributed by atoms with Gasteiger partial charge in [0.1, 0.15) is 17.7 Å². The lowest BCUT2D eigenvalue weighted by Gasteiger charge is -2.27. The molecule has 0 radical (unpaired) electrons. The van der Waals surface area contributed by atoms with Gasteiger partial charge in [0.2, 0.25) is 6.79 Å². The average molecular weight is 358 g/mol.